The first-order valence-electron chi connectivity index (χ1n) is 6.53. The summed E-state index contributed by atoms with van der Waals surface area (Å²) < 4.78 is 37.9. The van der Waals surface area contributed by atoms with Gasteiger partial charge < -0.3 is 11.1 Å². The van der Waals surface area contributed by atoms with Crippen LogP contribution in [0.1, 0.15) is 44.9 Å². The maximum absolute atomic E-state index is 12.6. The Bertz CT molecular complexity index is 255. The first-order chi connectivity index (χ1) is 7.95. The fourth-order valence-electron chi connectivity index (χ4n) is 3.14. The Hall–Kier alpha value is -0.290. The molecule has 0 saturated heterocycles. The molecule has 2 aliphatic carbocycles. The molecule has 0 aromatic carbocycles. The summed E-state index contributed by atoms with van der Waals surface area (Å²) in [5, 5.41) is 3.37. The molecule has 2 rings (SSSR count). The van der Waals surface area contributed by atoms with Gasteiger partial charge in [-0.1, -0.05) is 6.42 Å². The number of hydrogen-bond donors (Lipinski definition) is 2. The summed E-state index contributed by atoms with van der Waals surface area (Å²) in [6.07, 6.45) is 0.987. The Balaban J connectivity index is 1.81. The first kappa shape index (κ1) is 13.1. The molecule has 100 valence electrons. The highest BCUT2D eigenvalue weighted by molar-refractivity contribution is 4.88. The highest BCUT2D eigenvalue weighted by atomic mass is 19.4. The van der Waals surface area contributed by atoms with Crippen molar-refractivity contribution in [3.63, 3.8) is 0 Å². The molecule has 0 heterocycles. The number of nitrogens with one attached hydrogen (secondary N) is 1. The van der Waals surface area contributed by atoms with E-state index in [0.717, 1.165) is 25.7 Å². The van der Waals surface area contributed by atoms with Crippen molar-refractivity contribution >= 4 is 0 Å². The lowest BCUT2D eigenvalue weighted by Crippen LogP contribution is -2.43. The number of rotatable bonds is 2. The zero-order chi connectivity index (χ0) is 12.5. The van der Waals surface area contributed by atoms with E-state index in [-0.39, 0.29) is 18.5 Å². The Kier molecular flexibility index (Phi) is 3.98. The average Bonchev–Trinajstić information content (AvgIpc) is 2.63. The normalized spacial score (nSPS) is 39.5. The van der Waals surface area contributed by atoms with Crippen molar-refractivity contribution in [2.45, 2.75) is 69.2 Å². The van der Waals surface area contributed by atoms with Gasteiger partial charge in [-0.15, -0.1) is 0 Å². The standard InChI is InChI=1S/C12H21F3N2/c13-12(14,15)8-2-1-3-10(6-8)17-11-5-4-9(16)7-11/h8-11,17H,1-7,16H2. The van der Waals surface area contributed by atoms with Gasteiger partial charge in [-0.3, -0.25) is 0 Å². The molecular formula is C12H21F3N2. The molecule has 4 atom stereocenters. The van der Waals surface area contributed by atoms with Crippen LogP contribution < -0.4 is 11.1 Å². The van der Waals surface area contributed by atoms with Gasteiger partial charge in [0.05, 0.1) is 5.92 Å². The van der Waals surface area contributed by atoms with E-state index in [1.165, 1.54) is 0 Å². The van der Waals surface area contributed by atoms with Gasteiger partial charge in [0.15, 0.2) is 0 Å². The van der Waals surface area contributed by atoms with E-state index in [4.69, 9.17) is 5.73 Å². The number of hydrogen-bond acceptors (Lipinski definition) is 2. The van der Waals surface area contributed by atoms with Crippen LogP contribution in [0.15, 0.2) is 0 Å². The predicted molar refractivity (Wildman–Crippen MR) is 60.6 cm³/mol. The summed E-state index contributed by atoms with van der Waals surface area (Å²) in [5.41, 5.74) is 5.81. The SMILES string of the molecule is NC1CCC(NC2CCCC(C(F)(F)F)C2)C1. The molecule has 17 heavy (non-hydrogen) atoms. The van der Waals surface area contributed by atoms with Crippen LogP contribution in [0.5, 0.6) is 0 Å². The lowest BCUT2D eigenvalue weighted by molar-refractivity contribution is -0.183. The minimum Gasteiger partial charge on any atom is -0.328 e. The monoisotopic (exact) mass is 250 g/mol. The topological polar surface area (TPSA) is 38.0 Å². The van der Waals surface area contributed by atoms with Crippen LogP contribution in [0.25, 0.3) is 0 Å². The maximum Gasteiger partial charge on any atom is 0.391 e. The minimum absolute atomic E-state index is 0.0330. The van der Waals surface area contributed by atoms with E-state index in [1.807, 2.05) is 0 Å². The van der Waals surface area contributed by atoms with Gasteiger partial charge in [0.2, 0.25) is 0 Å². The van der Waals surface area contributed by atoms with Gasteiger partial charge in [0.25, 0.3) is 0 Å². The van der Waals surface area contributed by atoms with Crippen molar-refractivity contribution in [1.82, 2.24) is 5.32 Å². The summed E-state index contributed by atoms with van der Waals surface area (Å²) in [4.78, 5) is 0. The van der Waals surface area contributed by atoms with Crippen molar-refractivity contribution in [2.24, 2.45) is 11.7 Å². The molecule has 0 aliphatic heterocycles. The molecule has 2 fully saturated rings. The Morgan fingerprint density at radius 1 is 0.941 bits per heavy atom. The Labute approximate surface area is 100 Å². The van der Waals surface area contributed by atoms with Crippen molar-refractivity contribution in [1.29, 1.82) is 0 Å². The fourth-order valence-corrected chi connectivity index (χ4v) is 3.14. The molecule has 3 N–H and O–H groups in total. The summed E-state index contributed by atoms with van der Waals surface area (Å²) in [6, 6.07) is 0.599. The molecule has 5 heteroatoms. The third-order valence-corrected chi connectivity index (χ3v) is 4.08. The van der Waals surface area contributed by atoms with E-state index >= 15 is 0 Å². The molecule has 0 radical (unpaired) electrons. The second kappa shape index (κ2) is 5.14. The molecule has 2 saturated carbocycles. The number of nitrogens with two attached hydrogens (primary N) is 1. The minimum atomic E-state index is -4.02. The molecule has 0 bridgehead atoms. The molecule has 0 aromatic rings. The van der Waals surface area contributed by atoms with Crippen molar-refractivity contribution in [2.75, 3.05) is 0 Å². The van der Waals surface area contributed by atoms with Gasteiger partial charge in [-0.05, 0) is 38.5 Å². The van der Waals surface area contributed by atoms with Crippen molar-refractivity contribution in [3.05, 3.63) is 0 Å². The highest BCUT2D eigenvalue weighted by Gasteiger charge is 2.42. The van der Waals surface area contributed by atoms with Crippen LogP contribution in [-0.2, 0) is 0 Å². The molecule has 0 amide bonds. The highest BCUT2D eigenvalue weighted by Crippen LogP contribution is 2.37. The zero-order valence-electron chi connectivity index (χ0n) is 9.97. The van der Waals surface area contributed by atoms with E-state index in [0.29, 0.717) is 18.9 Å². The van der Waals surface area contributed by atoms with Crippen LogP contribution in [0.3, 0.4) is 0 Å². The van der Waals surface area contributed by atoms with E-state index in [2.05, 4.69) is 5.32 Å². The summed E-state index contributed by atoms with van der Waals surface area (Å²) in [5.74, 6) is -1.11. The second-order valence-electron chi connectivity index (χ2n) is 5.54. The van der Waals surface area contributed by atoms with Crippen LogP contribution in [0.4, 0.5) is 13.2 Å². The lowest BCUT2D eigenvalue weighted by Gasteiger charge is -2.32. The quantitative estimate of drug-likeness (QED) is 0.790. The summed E-state index contributed by atoms with van der Waals surface area (Å²) >= 11 is 0. The molecule has 2 nitrogen and oxygen atoms in total. The number of alkyl halides is 3. The largest absolute Gasteiger partial charge is 0.391 e. The lowest BCUT2D eigenvalue weighted by atomic mass is 9.85. The van der Waals surface area contributed by atoms with Crippen molar-refractivity contribution < 1.29 is 13.2 Å². The van der Waals surface area contributed by atoms with Gasteiger partial charge in [-0.25, -0.2) is 0 Å². The van der Waals surface area contributed by atoms with Crippen molar-refractivity contribution in [3.8, 4) is 0 Å². The van der Waals surface area contributed by atoms with Crippen LogP contribution in [0, 0.1) is 5.92 Å². The summed E-state index contributed by atoms with van der Waals surface area (Å²) in [7, 11) is 0. The maximum atomic E-state index is 12.6. The average molecular weight is 250 g/mol. The van der Waals surface area contributed by atoms with Gasteiger partial charge in [0.1, 0.15) is 0 Å². The van der Waals surface area contributed by atoms with Gasteiger partial charge in [0, 0.05) is 18.1 Å². The van der Waals surface area contributed by atoms with Gasteiger partial charge in [-0.2, -0.15) is 13.2 Å². The third-order valence-electron chi connectivity index (χ3n) is 4.08. The smallest absolute Gasteiger partial charge is 0.328 e. The van der Waals surface area contributed by atoms with E-state index in [1.54, 1.807) is 0 Å². The number of halogens is 3. The van der Waals surface area contributed by atoms with E-state index in [9.17, 15) is 13.2 Å². The molecular weight excluding hydrogens is 229 g/mol. The second-order valence-corrected chi connectivity index (χ2v) is 5.54. The molecule has 2 aliphatic rings. The molecule has 0 aromatic heterocycles. The Morgan fingerprint density at radius 2 is 1.65 bits per heavy atom. The summed E-state index contributed by atoms with van der Waals surface area (Å²) in [6.45, 7) is 0. The third kappa shape index (κ3) is 3.58. The molecule has 4 unspecified atom stereocenters. The van der Waals surface area contributed by atoms with Crippen LogP contribution in [-0.4, -0.2) is 24.3 Å². The molecule has 0 spiro atoms. The zero-order valence-corrected chi connectivity index (χ0v) is 9.97. The van der Waals surface area contributed by atoms with Crippen LogP contribution >= 0.6 is 0 Å². The Morgan fingerprint density at radius 3 is 2.24 bits per heavy atom. The van der Waals surface area contributed by atoms with E-state index < -0.39 is 12.1 Å². The van der Waals surface area contributed by atoms with Gasteiger partial charge >= 0.3 is 6.18 Å². The first-order valence-corrected chi connectivity index (χ1v) is 6.53. The predicted octanol–water partition coefficient (Wildman–Crippen LogP) is 2.58. The van der Waals surface area contributed by atoms with Crippen LogP contribution in [0.2, 0.25) is 0 Å². The fraction of sp³-hybridized carbons (Fsp3) is 1.00.